The van der Waals surface area contributed by atoms with Gasteiger partial charge in [-0.15, -0.1) is 0 Å². The van der Waals surface area contributed by atoms with Crippen LogP contribution in [0, 0.1) is 0 Å². The fourth-order valence-electron chi connectivity index (χ4n) is 1.67. The van der Waals surface area contributed by atoms with E-state index < -0.39 is 0 Å². The molecule has 0 aliphatic heterocycles. The van der Waals surface area contributed by atoms with Gasteiger partial charge in [0.05, 0.1) is 10.7 Å². The van der Waals surface area contributed by atoms with Crippen LogP contribution in [0.1, 0.15) is 0 Å². The molecule has 1 aromatic carbocycles. The highest BCUT2D eigenvalue weighted by atomic mass is 35.5. The number of imidazole rings is 1. The molecule has 0 fully saturated rings. The Morgan fingerprint density at radius 2 is 2.21 bits per heavy atom. The second kappa shape index (κ2) is 4.40. The maximum absolute atomic E-state index is 5.96. The number of aromatic nitrogens is 4. The van der Waals surface area contributed by atoms with Crippen LogP contribution in [0.2, 0.25) is 5.02 Å². The predicted molar refractivity (Wildman–Crippen MR) is 71.4 cm³/mol. The van der Waals surface area contributed by atoms with Crippen LogP contribution in [0.5, 0.6) is 0 Å². The summed E-state index contributed by atoms with van der Waals surface area (Å²) in [5.41, 5.74) is 6.88. The summed E-state index contributed by atoms with van der Waals surface area (Å²) in [6.07, 6.45) is 3.48. The van der Waals surface area contributed by atoms with Crippen LogP contribution in [-0.2, 0) is 7.05 Å². The Hall–Kier alpha value is -2.34. The molecule has 0 unspecified atom stereocenters. The predicted octanol–water partition coefficient (Wildman–Crippen LogP) is 2.37. The maximum Gasteiger partial charge on any atom is 0.258 e. The maximum atomic E-state index is 5.96. The third-order valence-electron chi connectivity index (χ3n) is 2.69. The monoisotopic (exact) mass is 275 g/mol. The molecule has 0 saturated heterocycles. The summed E-state index contributed by atoms with van der Waals surface area (Å²) >= 11 is 5.96. The van der Waals surface area contributed by atoms with Crippen molar-refractivity contribution in [1.29, 1.82) is 0 Å². The number of nitrogens with two attached hydrogens (primary N) is 1. The lowest BCUT2D eigenvalue weighted by Crippen LogP contribution is -1.92. The molecule has 3 rings (SSSR count). The van der Waals surface area contributed by atoms with Gasteiger partial charge in [-0.2, -0.15) is 4.98 Å². The number of rotatable bonds is 2. The van der Waals surface area contributed by atoms with E-state index in [1.165, 1.54) is 0 Å². The van der Waals surface area contributed by atoms with Gasteiger partial charge >= 0.3 is 0 Å². The van der Waals surface area contributed by atoms with Gasteiger partial charge in [0.2, 0.25) is 5.82 Å². The molecular formula is C12H10ClN5O. The number of benzene rings is 1. The second-order valence-corrected chi connectivity index (χ2v) is 4.43. The van der Waals surface area contributed by atoms with Gasteiger partial charge in [-0.1, -0.05) is 16.8 Å². The molecule has 0 spiro atoms. The first-order valence-corrected chi connectivity index (χ1v) is 5.90. The minimum atomic E-state index is 0.375. The van der Waals surface area contributed by atoms with E-state index >= 15 is 0 Å². The van der Waals surface area contributed by atoms with Crippen molar-refractivity contribution in [3.63, 3.8) is 0 Å². The van der Waals surface area contributed by atoms with E-state index in [4.69, 9.17) is 21.9 Å². The first kappa shape index (κ1) is 11.7. The Morgan fingerprint density at radius 3 is 2.89 bits per heavy atom. The van der Waals surface area contributed by atoms with Crippen LogP contribution in [0.3, 0.4) is 0 Å². The molecule has 2 heterocycles. The fourth-order valence-corrected chi connectivity index (χ4v) is 1.85. The number of nitrogen functional groups attached to an aromatic ring is 1. The van der Waals surface area contributed by atoms with Crippen molar-refractivity contribution in [2.24, 2.45) is 7.05 Å². The van der Waals surface area contributed by atoms with Gasteiger partial charge in [0.25, 0.3) is 5.89 Å². The van der Waals surface area contributed by atoms with Crippen molar-refractivity contribution in [2.75, 3.05) is 5.73 Å². The van der Waals surface area contributed by atoms with Gasteiger partial charge in [0.1, 0.15) is 0 Å². The van der Waals surface area contributed by atoms with Crippen LogP contribution in [0.15, 0.2) is 35.1 Å². The molecule has 19 heavy (non-hydrogen) atoms. The van der Waals surface area contributed by atoms with Crippen LogP contribution in [0.4, 0.5) is 5.69 Å². The lowest BCUT2D eigenvalue weighted by molar-refractivity contribution is 0.431. The number of aryl methyl sites for hydroxylation is 1. The van der Waals surface area contributed by atoms with Crippen molar-refractivity contribution in [3.8, 4) is 23.1 Å². The molecule has 0 aliphatic carbocycles. The molecule has 0 aliphatic rings. The van der Waals surface area contributed by atoms with Crippen LogP contribution in [-0.4, -0.2) is 19.7 Å². The molecule has 6 nitrogen and oxygen atoms in total. The minimum absolute atomic E-state index is 0.375. The highest BCUT2D eigenvalue weighted by Crippen LogP contribution is 2.27. The second-order valence-electron chi connectivity index (χ2n) is 4.02. The molecule has 0 radical (unpaired) electrons. The first-order valence-electron chi connectivity index (χ1n) is 5.52. The Morgan fingerprint density at radius 1 is 1.37 bits per heavy atom. The highest BCUT2D eigenvalue weighted by molar-refractivity contribution is 6.33. The van der Waals surface area contributed by atoms with Gasteiger partial charge in [-0.05, 0) is 18.2 Å². The average Bonchev–Trinajstić information content (AvgIpc) is 3.01. The van der Waals surface area contributed by atoms with Gasteiger partial charge in [-0.3, -0.25) is 0 Å². The van der Waals surface area contributed by atoms with Crippen LogP contribution >= 0.6 is 11.6 Å². The molecule has 2 aromatic heterocycles. The van der Waals surface area contributed by atoms with Crippen molar-refractivity contribution >= 4 is 17.3 Å². The molecule has 0 bridgehead atoms. The standard InChI is InChI=1S/C12H10ClN5O/c1-18-5-4-15-11(18)10-16-12(19-17-10)7-2-3-9(14)8(13)6-7/h2-6H,14H2,1H3. The van der Waals surface area contributed by atoms with Crippen LogP contribution in [0.25, 0.3) is 23.1 Å². The van der Waals surface area contributed by atoms with E-state index in [0.717, 1.165) is 0 Å². The van der Waals surface area contributed by atoms with Gasteiger partial charge in [0.15, 0.2) is 5.82 Å². The molecule has 0 amide bonds. The number of anilines is 1. The van der Waals surface area contributed by atoms with Crippen molar-refractivity contribution in [1.82, 2.24) is 19.7 Å². The Balaban J connectivity index is 2.01. The number of nitrogens with zero attached hydrogens (tertiary/aromatic N) is 4. The van der Waals surface area contributed by atoms with E-state index in [-0.39, 0.29) is 0 Å². The van der Waals surface area contributed by atoms with Crippen molar-refractivity contribution in [3.05, 3.63) is 35.6 Å². The third kappa shape index (κ3) is 2.06. The zero-order valence-corrected chi connectivity index (χ0v) is 10.8. The van der Waals surface area contributed by atoms with E-state index in [2.05, 4.69) is 15.1 Å². The lowest BCUT2D eigenvalue weighted by Gasteiger charge is -1.98. The van der Waals surface area contributed by atoms with E-state index in [0.29, 0.717) is 33.8 Å². The zero-order chi connectivity index (χ0) is 13.4. The lowest BCUT2D eigenvalue weighted by atomic mass is 10.2. The Labute approximate surface area is 113 Å². The molecule has 7 heteroatoms. The van der Waals surface area contributed by atoms with Gasteiger partial charge in [0, 0.05) is 25.0 Å². The van der Waals surface area contributed by atoms with E-state index in [9.17, 15) is 0 Å². The zero-order valence-electron chi connectivity index (χ0n) is 10.0. The smallest absolute Gasteiger partial charge is 0.258 e. The Bertz CT molecular complexity index is 733. The first-order chi connectivity index (χ1) is 9.15. The molecular weight excluding hydrogens is 266 g/mol. The largest absolute Gasteiger partial charge is 0.398 e. The average molecular weight is 276 g/mol. The number of halogens is 1. The number of hydrogen-bond acceptors (Lipinski definition) is 5. The quantitative estimate of drug-likeness (QED) is 0.726. The minimum Gasteiger partial charge on any atom is -0.398 e. The SMILES string of the molecule is Cn1ccnc1-c1noc(-c2ccc(N)c(Cl)c2)n1. The summed E-state index contributed by atoms with van der Waals surface area (Å²) in [5, 5.41) is 4.36. The van der Waals surface area contributed by atoms with Crippen molar-refractivity contribution in [2.45, 2.75) is 0 Å². The summed E-state index contributed by atoms with van der Waals surface area (Å²) in [4.78, 5) is 8.45. The molecule has 2 N–H and O–H groups in total. The Kier molecular flexibility index (Phi) is 2.72. The normalized spacial score (nSPS) is 10.8. The molecule has 3 aromatic rings. The summed E-state index contributed by atoms with van der Waals surface area (Å²) in [7, 11) is 1.86. The van der Waals surface area contributed by atoms with Gasteiger partial charge < -0.3 is 14.8 Å². The molecule has 0 atom stereocenters. The topological polar surface area (TPSA) is 82.8 Å². The molecule has 96 valence electrons. The van der Waals surface area contributed by atoms with Crippen molar-refractivity contribution < 1.29 is 4.52 Å². The highest BCUT2D eigenvalue weighted by Gasteiger charge is 2.14. The summed E-state index contributed by atoms with van der Waals surface area (Å²) in [5.74, 6) is 1.44. The molecule has 0 saturated carbocycles. The summed E-state index contributed by atoms with van der Waals surface area (Å²) in [6, 6.07) is 5.16. The summed E-state index contributed by atoms with van der Waals surface area (Å²) in [6.45, 7) is 0. The van der Waals surface area contributed by atoms with E-state index in [1.54, 1.807) is 24.4 Å². The number of hydrogen-bond donors (Lipinski definition) is 1. The third-order valence-corrected chi connectivity index (χ3v) is 3.02. The fraction of sp³-hybridized carbons (Fsp3) is 0.0833. The van der Waals surface area contributed by atoms with Crippen LogP contribution < -0.4 is 5.73 Å². The summed E-state index contributed by atoms with van der Waals surface area (Å²) < 4.78 is 7.02. The van der Waals surface area contributed by atoms with E-state index in [1.807, 2.05) is 17.8 Å². The van der Waals surface area contributed by atoms with Gasteiger partial charge in [-0.25, -0.2) is 4.98 Å².